The van der Waals surface area contributed by atoms with E-state index in [1.54, 1.807) is 0 Å². The molecule has 0 N–H and O–H groups in total. The SMILES string of the molecule is N#CC(C(=O)c1cn(SF)cn1)c1ccc(F)cc1. The molecule has 0 saturated heterocycles. The van der Waals surface area contributed by atoms with Crippen molar-refractivity contribution in [2.45, 2.75) is 5.92 Å². The van der Waals surface area contributed by atoms with Crippen molar-refractivity contribution in [3.05, 3.63) is 53.9 Å². The molecular weight excluding hydrogens is 272 g/mol. The van der Waals surface area contributed by atoms with Gasteiger partial charge in [-0.15, -0.1) is 3.89 Å². The van der Waals surface area contributed by atoms with Gasteiger partial charge in [0.05, 0.1) is 6.07 Å². The van der Waals surface area contributed by atoms with Crippen LogP contribution in [0.1, 0.15) is 22.0 Å². The van der Waals surface area contributed by atoms with Crippen molar-refractivity contribution < 1.29 is 13.1 Å². The van der Waals surface area contributed by atoms with Gasteiger partial charge in [-0.1, -0.05) is 12.1 Å². The standard InChI is InChI=1S/C12H7F2N3OS/c13-9-3-1-8(2-4-9)10(5-15)12(18)11-6-17(19-14)7-16-11/h1-4,6-7,10H. The van der Waals surface area contributed by atoms with Crippen LogP contribution in [0.5, 0.6) is 0 Å². The van der Waals surface area contributed by atoms with E-state index in [0.717, 1.165) is 10.3 Å². The monoisotopic (exact) mass is 279 g/mol. The van der Waals surface area contributed by atoms with Crippen molar-refractivity contribution in [3.8, 4) is 6.07 Å². The van der Waals surface area contributed by atoms with Crippen LogP contribution in [-0.2, 0) is 0 Å². The van der Waals surface area contributed by atoms with Crippen LogP contribution in [0.15, 0.2) is 36.8 Å². The number of carbonyl (C=O) groups is 1. The minimum Gasteiger partial charge on any atom is -0.290 e. The Balaban J connectivity index is 2.29. The molecule has 2 rings (SSSR count). The maximum atomic E-state index is 12.8. The van der Waals surface area contributed by atoms with Crippen LogP contribution >= 0.6 is 12.3 Å². The molecule has 2 aromatic rings. The van der Waals surface area contributed by atoms with Crippen molar-refractivity contribution in [1.29, 1.82) is 5.26 Å². The minimum absolute atomic E-state index is 0.0129. The Kier molecular flexibility index (Phi) is 3.92. The van der Waals surface area contributed by atoms with E-state index in [1.165, 1.54) is 30.5 Å². The summed E-state index contributed by atoms with van der Waals surface area (Å²) < 4.78 is 26.1. The lowest BCUT2D eigenvalue weighted by Crippen LogP contribution is -2.11. The fraction of sp³-hybridized carbons (Fsp3) is 0.0833. The second-order valence-corrected chi connectivity index (χ2v) is 4.23. The van der Waals surface area contributed by atoms with Gasteiger partial charge in [0, 0.05) is 6.20 Å². The summed E-state index contributed by atoms with van der Waals surface area (Å²) in [6.07, 6.45) is 2.33. The van der Waals surface area contributed by atoms with Crippen LogP contribution in [-0.4, -0.2) is 14.7 Å². The number of carbonyl (C=O) groups excluding carboxylic acids is 1. The summed E-state index contributed by atoms with van der Waals surface area (Å²) in [5.74, 6) is -2.10. The van der Waals surface area contributed by atoms with E-state index in [-0.39, 0.29) is 18.0 Å². The van der Waals surface area contributed by atoms with Crippen molar-refractivity contribution in [2.75, 3.05) is 0 Å². The van der Waals surface area contributed by atoms with Crippen LogP contribution < -0.4 is 0 Å². The summed E-state index contributed by atoms with van der Waals surface area (Å²) in [6, 6.07) is 6.91. The van der Waals surface area contributed by atoms with Crippen molar-refractivity contribution >= 4 is 18.1 Å². The highest BCUT2D eigenvalue weighted by atomic mass is 32.2. The Morgan fingerprint density at radius 3 is 2.63 bits per heavy atom. The lowest BCUT2D eigenvalue weighted by molar-refractivity contribution is 0.0974. The lowest BCUT2D eigenvalue weighted by atomic mass is 9.95. The molecule has 1 aromatic heterocycles. The van der Waals surface area contributed by atoms with Gasteiger partial charge in [0.15, 0.2) is 12.3 Å². The first-order chi connectivity index (χ1) is 9.15. The molecule has 0 aliphatic rings. The van der Waals surface area contributed by atoms with E-state index in [9.17, 15) is 13.1 Å². The number of hydrogen-bond acceptors (Lipinski definition) is 4. The fourth-order valence-corrected chi connectivity index (χ4v) is 1.78. The number of Topliss-reactive ketones (excluding diaryl/α,β-unsaturated/α-hetero) is 1. The zero-order chi connectivity index (χ0) is 13.8. The maximum Gasteiger partial charge on any atom is 0.204 e. The summed E-state index contributed by atoms with van der Waals surface area (Å²) in [5, 5.41) is 9.07. The second kappa shape index (κ2) is 5.63. The first-order valence-corrected chi connectivity index (χ1v) is 5.85. The predicted octanol–water partition coefficient (Wildman–Crippen LogP) is 2.89. The molecule has 96 valence electrons. The quantitative estimate of drug-likeness (QED) is 0.807. The van der Waals surface area contributed by atoms with Crippen LogP contribution in [0.25, 0.3) is 0 Å². The number of nitriles is 1. The summed E-state index contributed by atoms with van der Waals surface area (Å²) >= 11 is -0.106. The van der Waals surface area contributed by atoms with Gasteiger partial charge >= 0.3 is 0 Å². The Morgan fingerprint density at radius 2 is 2.11 bits per heavy atom. The number of benzene rings is 1. The number of hydrogen-bond donors (Lipinski definition) is 0. The molecule has 1 unspecified atom stereocenters. The van der Waals surface area contributed by atoms with Gasteiger partial charge < -0.3 is 0 Å². The molecule has 0 amide bonds. The highest BCUT2D eigenvalue weighted by Gasteiger charge is 2.23. The molecule has 0 saturated carbocycles. The number of rotatable bonds is 4. The van der Waals surface area contributed by atoms with Crippen molar-refractivity contribution in [1.82, 2.24) is 8.96 Å². The van der Waals surface area contributed by atoms with Gasteiger partial charge in [-0.2, -0.15) is 5.26 Å². The maximum absolute atomic E-state index is 12.8. The van der Waals surface area contributed by atoms with Gasteiger partial charge in [-0.05, 0) is 17.7 Å². The van der Waals surface area contributed by atoms with E-state index in [0.29, 0.717) is 5.56 Å². The molecule has 0 spiro atoms. The molecule has 4 nitrogen and oxygen atoms in total. The lowest BCUT2D eigenvalue weighted by Gasteiger charge is -2.06. The minimum atomic E-state index is -1.09. The molecule has 1 aromatic carbocycles. The van der Waals surface area contributed by atoms with Crippen LogP contribution in [0.3, 0.4) is 0 Å². The predicted molar refractivity (Wildman–Crippen MR) is 65.4 cm³/mol. The average molecular weight is 279 g/mol. The van der Waals surface area contributed by atoms with Crippen LogP contribution in [0.4, 0.5) is 8.28 Å². The smallest absolute Gasteiger partial charge is 0.204 e. The van der Waals surface area contributed by atoms with Crippen molar-refractivity contribution in [2.24, 2.45) is 0 Å². The van der Waals surface area contributed by atoms with Gasteiger partial charge in [-0.3, -0.25) is 8.77 Å². The summed E-state index contributed by atoms with van der Waals surface area (Å²) in [7, 11) is 0. The number of imidazole rings is 1. The summed E-state index contributed by atoms with van der Waals surface area (Å²) in [5.41, 5.74) is 0.359. The molecule has 1 atom stereocenters. The molecule has 0 radical (unpaired) electrons. The Hall–Kier alpha value is -2.20. The zero-order valence-electron chi connectivity index (χ0n) is 9.46. The molecule has 0 fully saturated rings. The first kappa shape index (κ1) is 13.2. The van der Waals surface area contributed by atoms with E-state index in [1.807, 2.05) is 6.07 Å². The van der Waals surface area contributed by atoms with Crippen molar-refractivity contribution in [3.63, 3.8) is 0 Å². The number of ketones is 1. The normalized spacial score (nSPS) is 11.8. The van der Waals surface area contributed by atoms with Crippen LogP contribution in [0.2, 0.25) is 0 Å². The number of aromatic nitrogens is 2. The van der Waals surface area contributed by atoms with E-state index in [4.69, 9.17) is 5.26 Å². The third kappa shape index (κ3) is 2.80. The largest absolute Gasteiger partial charge is 0.290 e. The van der Waals surface area contributed by atoms with Gasteiger partial charge in [0.25, 0.3) is 0 Å². The summed E-state index contributed by atoms with van der Waals surface area (Å²) in [4.78, 5) is 15.8. The molecule has 7 heteroatoms. The first-order valence-electron chi connectivity index (χ1n) is 5.18. The topological polar surface area (TPSA) is 58.7 Å². The van der Waals surface area contributed by atoms with Gasteiger partial charge in [0.1, 0.15) is 23.8 Å². The number of nitrogens with zero attached hydrogens (tertiary/aromatic N) is 3. The molecule has 0 bridgehead atoms. The molecule has 1 heterocycles. The zero-order valence-corrected chi connectivity index (χ0v) is 10.3. The molecule has 19 heavy (non-hydrogen) atoms. The fourth-order valence-electron chi connectivity index (χ4n) is 1.56. The average Bonchev–Trinajstić information content (AvgIpc) is 2.90. The highest BCUT2D eigenvalue weighted by Crippen LogP contribution is 2.21. The third-order valence-electron chi connectivity index (χ3n) is 2.49. The highest BCUT2D eigenvalue weighted by molar-refractivity contribution is 7.92. The molecule has 0 aliphatic carbocycles. The number of halogens is 2. The Morgan fingerprint density at radius 1 is 1.42 bits per heavy atom. The van der Waals surface area contributed by atoms with Gasteiger partial charge in [-0.25, -0.2) is 9.37 Å². The summed E-state index contributed by atoms with van der Waals surface area (Å²) in [6.45, 7) is 0. The Labute approximate surface area is 112 Å². The van der Waals surface area contributed by atoms with E-state index < -0.39 is 17.5 Å². The second-order valence-electron chi connectivity index (χ2n) is 3.67. The third-order valence-corrected chi connectivity index (χ3v) is 2.85. The molecule has 0 aliphatic heterocycles. The Bertz CT molecular complexity index is 633. The van der Waals surface area contributed by atoms with Gasteiger partial charge in [0.2, 0.25) is 5.78 Å². The van der Waals surface area contributed by atoms with Crippen LogP contribution in [0, 0.1) is 17.1 Å². The van der Waals surface area contributed by atoms with E-state index >= 15 is 0 Å². The molecular formula is C12H7F2N3OS. The van der Waals surface area contributed by atoms with E-state index in [2.05, 4.69) is 4.98 Å².